The van der Waals surface area contributed by atoms with Crippen LogP contribution in [0.1, 0.15) is 17.2 Å². The van der Waals surface area contributed by atoms with Gasteiger partial charge in [-0.05, 0) is 59.7 Å². The van der Waals surface area contributed by atoms with E-state index >= 15 is 0 Å². The van der Waals surface area contributed by atoms with Crippen LogP contribution in [0.15, 0.2) is 77.7 Å². The number of hydrogen-bond donors (Lipinski definition) is 0. The van der Waals surface area contributed by atoms with Gasteiger partial charge in [0, 0.05) is 42.8 Å². The predicted octanol–water partition coefficient (Wildman–Crippen LogP) is 5.27. The first-order chi connectivity index (χ1) is 16.8. The summed E-state index contributed by atoms with van der Waals surface area (Å²) >= 11 is 12.0. The topological polar surface area (TPSA) is 59.1 Å². The highest BCUT2D eigenvalue weighted by Gasteiger charge is 2.29. The zero-order valence-corrected chi connectivity index (χ0v) is 21.8. The Hall–Kier alpha value is -2.13. The molecule has 4 rings (SSSR count). The van der Waals surface area contributed by atoms with Crippen molar-refractivity contribution in [3.8, 4) is 5.75 Å². The van der Waals surface area contributed by atoms with E-state index in [0.29, 0.717) is 49.4 Å². The molecule has 1 saturated heterocycles. The molecule has 0 N–H and O–H groups in total. The third-order valence-electron chi connectivity index (χ3n) is 6.01. The molecule has 0 spiro atoms. The standard InChI is InChI=1S/C26H28Cl2N2O4S/c1-33-24-7-3-5-21(17-24)26(34-19-20-4-2-6-23(28)16-20)18-29-12-14-30(15-13-29)35(31,32)25-10-8-22(27)9-11-25/h2-11,16-17,26H,12-15,18-19H2,1H3/t26-/m0/s1. The Bertz CT molecular complexity index is 1230. The van der Waals surface area contributed by atoms with Gasteiger partial charge in [0.1, 0.15) is 5.75 Å². The molecule has 9 heteroatoms. The Labute approximate surface area is 217 Å². The number of benzene rings is 3. The first-order valence-corrected chi connectivity index (χ1v) is 13.5. The normalized spacial score (nSPS) is 16.2. The van der Waals surface area contributed by atoms with Crippen LogP contribution < -0.4 is 4.74 Å². The van der Waals surface area contributed by atoms with Gasteiger partial charge in [-0.2, -0.15) is 4.31 Å². The van der Waals surface area contributed by atoms with E-state index in [1.165, 1.54) is 4.31 Å². The minimum atomic E-state index is -3.55. The summed E-state index contributed by atoms with van der Waals surface area (Å²) < 4.78 is 39.3. The highest BCUT2D eigenvalue weighted by molar-refractivity contribution is 7.89. The Morgan fingerprint density at radius 2 is 1.60 bits per heavy atom. The van der Waals surface area contributed by atoms with Crippen LogP contribution in [0.4, 0.5) is 0 Å². The first-order valence-electron chi connectivity index (χ1n) is 11.3. The summed E-state index contributed by atoms with van der Waals surface area (Å²) in [5.41, 5.74) is 1.99. The summed E-state index contributed by atoms with van der Waals surface area (Å²) in [5, 5.41) is 1.18. The van der Waals surface area contributed by atoms with Gasteiger partial charge in [-0.15, -0.1) is 0 Å². The number of hydrogen-bond acceptors (Lipinski definition) is 5. The molecule has 1 aliphatic heterocycles. The van der Waals surface area contributed by atoms with Crippen LogP contribution in [0.2, 0.25) is 10.0 Å². The fraction of sp³-hybridized carbons (Fsp3) is 0.308. The van der Waals surface area contributed by atoms with E-state index in [4.69, 9.17) is 32.7 Å². The number of rotatable bonds is 9. The van der Waals surface area contributed by atoms with Crippen LogP contribution in [-0.4, -0.2) is 57.5 Å². The molecular weight excluding hydrogens is 507 g/mol. The van der Waals surface area contributed by atoms with Crippen molar-refractivity contribution in [2.45, 2.75) is 17.6 Å². The molecule has 0 aromatic heterocycles. The Kier molecular flexibility index (Phi) is 8.70. The van der Waals surface area contributed by atoms with Crippen molar-refractivity contribution in [2.24, 2.45) is 0 Å². The lowest BCUT2D eigenvalue weighted by Gasteiger charge is -2.36. The van der Waals surface area contributed by atoms with E-state index in [-0.39, 0.29) is 11.0 Å². The van der Waals surface area contributed by atoms with Crippen LogP contribution in [0.25, 0.3) is 0 Å². The highest BCUT2D eigenvalue weighted by atomic mass is 35.5. The van der Waals surface area contributed by atoms with Crippen LogP contribution in [0.3, 0.4) is 0 Å². The molecule has 0 radical (unpaired) electrons. The van der Waals surface area contributed by atoms with Crippen molar-refractivity contribution in [2.75, 3.05) is 39.8 Å². The van der Waals surface area contributed by atoms with Crippen LogP contribution in [0, 0.1) is 0 Å². The minimum absolute atomic E-state index is 0.219. The van der Waals surface area contributed by atoms with E-state index < -0.39 is 10.0 Å². The second-order valence-electron chi connectivity index (χ2n) is 8.36. The maximum atomic E-state index is 13.0. The summed E-state index contributed by atoms with van der Waals surface area (Å²) in [7, 11) is -1.91. The van der Waals surface area contributed by atoms with Crippen LogP contribution in [0.5, 0.6) is 5.75 Å². The molecule has 1 fully saturated rings. The summed E-state index contributed by atoms with van der Waals surface area (Å²) in [5.74, 6) is 0.762. The number of sulfonamides is 1. The quantitative estimate of drug-likeness (QED) is 0.374. The number of methoxy groups -OCH3 is 1. The van der Waals surface area contributed by atoms with Crippen molar-refractivity contribution < 1.29 is 17.9 Å². The third kappa shape index (κ3) is 6.76. The van der Waals surface area contributed by atoms with Crippen molar-refractivity contribution in [3.05, 3.63) is 94.0 Å². The second-order valence-corrected chi connectivity index (χ2v) is 11.2. The monoisotopic (exact) mass is 534 g/mol. The fourth-order valence-corrected chi connectivity index (χ4v) is 5.82. The summed E-state index contributed by atoms with van der Waals surface area (Å²) in [6.45, 7) is 3.06. The molecule has 0 bridgehead atoms. The molecule has 0 unspecified atom stereocenters. The summed E-state index contributed by atoms with van der Waals surface area (Å²) in [6.07, 6.45) is -0.219. The molecule has 1 atom stereocenters. The van der Waals surface area contributed by atoms with Crippen LogP contribution in [-0.2, 0) is 21.4 Å². The smallest absolute Gasteiger partial charge is 0.243 e. The molecular formula is C26H28Cl2N2O4S. The fourth-order valence-electron chi connectivity index (χ4n) is 4.06. The zero-order chi connectivity index (χ0) is 24.8. The minimum Gasteiger partial charge on any atom is -0.497 e. The van der Waals surface area contributed by atoms with Gasteiger partial charge < -0.3 is 9.47 Å². The van der Waals surface area contributed by atoms with Gasteiger partial charge in [0.2, 0.25) is 10.0 Å². The zero-order valence-electron chi connectivity index (χ0n) is 19.4. The largest absolute Gasteiger partial charge is 0.497 e. The lowest BCUT2D eigenvalue weighted by Crippen LogP contribution is -2.49. The van der Waals surface area contributed by atoms with E-state index in [1.54, 1.807) is 31.4 Å². The van der Waals surface area contributed by atoms with Crippen molar-refractivity contribution in [1.82, 2.24) is 9.21 Å². The van der Waals surface area contributed by atoms with Crippen molar-refractivity contribution in [1.29, 1.82) is 0 Å². The predicted molar refractivity (Wildman–Crippen MR) is 139 cm³/mol. The number of nitrogens with zero attached hydrogens (tertiary/aromatic N) is 2. The molecule has 1 heterocycles. The average molecular weight is 535 g/mol. The van der Waals surface area contributed by atoms with Gasteiger partial charge in [-0.25, -0.2) is 8.42 Å². The van der Waals surface area contributed by atoms with E-state index in [0.717, 1.165) is 16.9 Å². The molecule has 0 amide bonds. The molecule has 6 nitrogen and oxygen atoms in total. The van der Waals surface area contributed by atoms with Crippen molar-refractivity contribution in [3.63, 3.8) is 0 Å². The molecule has 3 aromatic rings. The third-order valence-corrected chi connectivity index (χ3v) is 8.41. The van der Waals surface area contributed by atoms with E-state index in [2.05, 4.69) is 4.90 Å². The van der Waals surface area contributed by atoms with Gasteiger partial charge in [0.05, 0.1) is 24.7 Å². The van der Waals surface area contributed by atoms with E-state index in [9.17, 15) is 8.42 Å². The molecule has 3 aromatic carbocycles. The molecule has 0 saturated carbocycles. The number of ether oxygens (including phenoxy) is 2. The number of halogens is 2. The lowest BCUT2D eigenvalue weighted by molar-refractivity contribution is 0.00763. The Morgan fingerprint density at radius 3 is 2.29 bits per heavy atom. The maximum absolute atomic E-state index is 13.0. The lowest BCUT2D eigenvalue weighted by atomic mass is 10.1. The molecule has 186 valence electrons. The second kappa shape index (κ2) is 11.7. The van der Waals surface area contributed by atoms with Gasteiger partial charge in [-0.3, -0.25) is 4.90 Å². The first kappa shape index (κ1) is 25.9. The van der Waals surface area contributed by atoms with E-state index in [1.807, 2.05) is 48.5 Å². The van der Waals surface area contributed by atoms with Crippen molar-refractivity contribution >= 4 is 33.2 Å². The SMILES string of the molecule is COc1cccc([C@H](CN2CCN(S(=O)(=O)c3ccc(Cl)cc3)CC2)OCc2cccc(Cl)c2)c1. The van der Waals surface area contributed by atoms with Gasteiger partial charge in [-0.1, -0.05) is 47.5 Å². The van der Waals surface area contributed by atoms with Crippen LogP contribution >= 0.6 is 23.2 Å². The maximum Gasteiger partial charge on any atom is 0.243 e. The summed E-state index contributed by atoms with van der Waals surface area (Å²) in [6, 6.07) is 21.7. The Morgan fingerprint density at radius 1 is 0.886 bits per heavy atom. The van der Waals surface area contributed by atoms with Gasteiger partial charge in [0.15, 0.2) is 0 Å². The summed E-state index contributed by atoms with van der Waals surface area (Å²) in [4.78, 5) is 2.49. The van der Waals surface area contributed by atoms with Gasteiger partial charge in [0.25, 0.3) is 0 Å². The molecule has 35 heavy (non-hydrogen) atoms. The highest BCUT2D eigenvalue weighted by Crippen LogP contribution is 2.26. The number of piperazine rings is 1. The Balaban J connectivity index is 1.43. The molecule has 1 aliphatic rings. The molecule has 0 aliphatic carbocycles. The average Bonchev–Trinajstić information content (AvgIpc) is 2.87. The van der Waals surface area contributed by atoms with Gasteiger partial charge >= 0.3 is 0 Å².